The molecule has 1 rings (SSSR count). The van der Waals surface area contributed by atoms with E-state index in [1.165, 1.54) is 19.3 Å². The number of hydrogen-bond acceptors (Lipinski definition) is 3. The molecule has 1 aliphatic carbocycles. The number of nitrogens with zero attached hydrogens (tertiary/aromatic N) is 2. The third-order valence-electron chi connectivity index (χ3n) is 3.92. The highest BCUT2D eigenvalue weighted by atomic mass is 15.2. The molecule has 1 aliphatic rings. The fraction of sp³-hybridized carbons (Fsp3) is 1.00. The third kappa shape index (κ3) is 3.44. The zero-order valence-corrected chi connectivity index (χ0v) is 11.4. The molecule has 3 nitrogen and oxygen atoms in total. The van der Waals surface area contributed by atoms with Crippen LogP contribution in [0.5, 0.6) is 0 Å². The number of nitrogens with two attached hydrogens (primary N) is 1. The first-order valence-electron chi connectivity index (χ1n) is 6.70. The smallest absolute Gasteiger partial charge is 0.0249 e. The van der Waals surface area contributed by atoms with E-state index in [0.29, 0.717) is 12.1 Å². The fourth-order valence-corrected chi connectivity index (χ4v) is 2.93. The Labute approximate surface area is 101 Å². The van der Waals surface area contributed by atoms with Crippen molar-refractivity contribution in [1.29, 1.82) is 0 Å². The molecule has 0 spiro atoms. The molecule has 16 heavy (non-hydrogen) atoms. The van der Waals surface area contributed by atoms with Gasteiger partial charge >= 0.3 is 0 Å². The topological polar surface area (TPSA) is 32.5 Å². The Hall–Kier alpha value is -0.120. The van der Waals surface area contributed by atoms with Crippen molar-refractivity contribution in [2.24, 2.45) is 11.7 Å². The van der Waals surface area contributed by atoms with Crippen LogP contribution in [0.4, 0.5) is 0 Å². The summed E-state index contributed by atoms with van der Waals surface area (Å²) in [6.07, 6.45) is 4.17. The van der Waals surface area contributed by atoms with Gasteiger partial charge in [-0.05, 0) is 46.3 Å². The maximum Gasteiger partial charge on any atom is 0.0249 e. The average molecular weight is 227 g/mol. The van der Waals surface area contributed by atoms with E-state index in [0.717, 1.165) is 25.6 Å². The molecule has 2 N–H and O–H groups in total. The highest BCUT2D eigenvalue weighted by Crippen LogP contribution is 2.32. The van der Waals surface area contributed by atoms with Gasteiger partial charge in [-0.1, -0.05) is 13.3 Å². The summed E-state index contributed by atoms with van der Waals surface area (Å²) < 4.78 is 0. The second-order valence-corrected chi connectivity index (χ2v) is 5.44. The van der Waals surface area contributed by atoms with Crippen molar-refractivity contribution >= 4 is 0 Å². The molecule has 96 valence electrons. The Bertz CT molecular complexity index is 190. The highest BCUT2D eigenvalue weighted by Gasteiger charge is 2.32. The van der Waals surface area contributed by atoms with E-state index in [9.17, 15) is 0 Å². The van der Waals surface area contributed by atoms with Crippen LogP contribution in [0.25, 0.3) is 0 Å². The van der Waals surface area contributed by atoms with Crippen LogP contribution in [-0.2, 0) is 0 Å². The van der Waals surface area contributed by atoms with Crippen molar-refractivity contribution in [1.82, 2.24) is 9.80 Å². The lowest BCUT2D eigenvalue weighted by Gasteiger charge is -2.43. The SMILES string of the molecule is CCN(C(C)CN(C)C)C(CN)C1CCC1. The van der Waals surface area contributed by atoms with Crippen LogP contribution in [0.1, 0.15) is 33.1 Å². The average Bonchev–Trinajstić information content (AvgIpc) is 2.13. The molecule has 2 unspecified atom stereocenters. The minimum absolute atomic E-state index is 0.605. The largest absolute Gasteiger partial charge is 0.329 e. The van der Waals surface area contributed by atoms with Crippen molar-refractivity contribution in [2.75, 3.05) is 33.7 Å². The zero-order chi connectivity index (χ0) is 12.1. The minimum Gasteiger partial charge on any atom is -0.329 e. The van der Waals surface area contributed by atoms with Gasteiger partial charge in [0.25, 0.3) is 0 Å². The molecule has 0 bridgehead atoms. The van der Waals surface area contributed by atoms with Crippen molar-refractivity contribution in [2.45, 2.75) is 45.2 Å². The van der Waals surface area contributed by atoms with Crippen LogP contribution in [0.15, 0.2) is 0 Å². The molecule has 1 fully saturated rings. The molecular formula is C13H29N3. The summed E-state index contributed by atoms with van der Waals surface area (Å²) in [5.41, 5.74) is 5.97. The molecule has 0 aromatic heterocycles. The van der Waals surface area contributed by atoms with Crippen LogP contribution < -0.4 is 5.73 Å². The molecule has 0 aromatic carbocycles. The molecule has 0 aliphatic heterocycles. The maximum absolute atomic E-state index is 5.97. The standard InChI is InChI=1S/C13H29N3/c1-5-16(11(2)10-15(3)4)13(9-14)12-7-6-8-12/h11-13H,5-10,14H2,1-4H3. The zero-order valence-electron chi connectivity index (χ0n) is 11.4. The summed E-state index contributed by atoms with van der Waals surface area (Å²) in [6.45, 7) is 7.64. The third-order valence-corrected chi connectivity index (χ3v) is 3.92. The van der Waals surface area contributed by atoms with Crippen molar-refractivity contribution in [3.63, 3.8) is 0 Å². The predicted octanol–water partition coefficient (Wildman–Crippen LogP) is 1.39. The first-order valence-corrected chi connectivity index (χ1v) is 6.70. The molecule has 3 heteroatoms. The number of hydrogen-bond donors (Lipinski definition) is 1. The summed E-state index contributed by atoms with van der Waals surface area (Å²) in [5.74, 6) is 0.856. The van der Waals surface area contributed by atoms with Crippen LogP contribution in [0.3, 0.4) is 0 Å². The van der Waals surface area contributed by atoms with Crippen molar-refractivity contribution in [3.8, 4) is 0 Å². The van der Waals surface area contributed by atoms with Crippen LogP contribution in [0.2, 0.25) is 0 Å². The molecule has 0 amide bonds. The number of likely N-dealkylation sites (N-methyl/N-ethyl adjacent to an activating group) is 2. The van der Waals surface area contributed by atoms with Crippen LogP contribution in [-0.4, -0.2) is 55.6 Å². The van der Waals surface area contributed by atoms with Gasteiger partial charge in [0, 0.05) is 25.2 Å². The predicted molar refractivity (Wildman–Crippen MR) is 70.6 cm³/mol. The second kappa shape index (κ2) is 6.58. The Morgan fingerprint density at radius 2 is 1.94 bits per heavy atom. The van der Waals surface area contributed by atoms with Gasteiger partial charge in [0.1, 0.15) is 0 Å². The Balaban J connectivity index is 2.54. The Morgan fingerprint density at radius 1 is 1.31 bits per heavy atom. The van der Waals surface area contributed by atoms with E-state index in [4.69, 9.17) is 5.73 Å². The van der Waals surface area contributed by atoms with Crippen molar-refractivity contribution < 1.29 is 0 Å². The molecule has 0 aromatic rings. The van der Waals surface area contributed by atoms with E-state index in [1.54, 1.807) is 0 Å². The lowest BCUT2D eigenvalue weighted by Crippen LogP contribution is -2.53. The lowest BCUT2D eigenvalue weighted by atomic mass is 9.78. The lowest BCUT2D eigenvalue weighted by molar-refractivity contribution is 0.0629. The molecule has 0 heterocycles. The van der Waals surface area contributed by atoms with E-state index in [-0.39, 0.29) is 0 Å². The normalized spacial score (nSPS) is 21.2. The quantitative estimate of drug-likeness (QED) is 0.713. The van der Waals surface area contributed by atoms with Crippen LogP contribution in [0, 0.1) is 5.92 Å². The minimum atomic E-state index is 0.605. The van der Waals surface area contributed by atoms with Gasteiger partial charge in [-0.15, -0.1) is 0 Å². The fourth-order valence-electron chi connectivity index (χ4n) is 2.93. The molecular weight excluding hydrogens is 198 g/mol. The summed E-state index contributed by atoms with van der Waals surface area (Å²) in [6, 6.07) is 1.21. The molecule has 1 saturated carbocycles. The van der Waals surface area contributed by atoms with E-state index in [1.807, 2.05) is 0 Å². The number of rotatable bonds is 7. The van der Waals surface area contributed by atoms with Gasteiger partial charge in [-0.3, -0.25) is 4.90 Å². The Morgan fingerprint density at radius 3 is 2.25 bits per heavy atom. The monoisotopic (exact) mass is 227 g/mol. The van der Waals surface area contributed by atoms with Crippen LogP contribution >= 0.6 is 0 Å². The Kier molecular flexibility index (Phi) is 5.73. The van der Waals surface area contributed by atoms with Gasteiger partial charge in [0.05, 0.1) is 0 Å². The van der Waals surface area contributed by atoms with E-state index in [2.05, 4.69) is 37.7 Å². The van der Waals surface area contributed by atoms with E-state index < -0.39 is 0 Å². The summed E-state index contributed by atoms with van der Waals surface area (Å²) in [7, 11) is 4.29. The van der Waals surface area contributed by atoms with Gasteiger partial charge in [0.2, 0.25) is 0 Å². The van der Waals surface area contributed by atoms with E-state index >= 15 is 0 Å². The first kappa shape index (κ1) is 13.9. The van der Waals surface area contributed by atoms with Crippen molar-refractivity contribution in [3.05, 3.63) is 0 Å². The molecule has 0 radical (unpaired) electrons. The second-order valence-electron chi connectivity index (χ2n) is 5.44. The first-order chi connectivity index (χ1) is 7.60. The summed E-state index contributed by atoms with van der Waals surface area (Å²) in [5, 5.41) is 0. The van der Waals surface area contributed by atoms with Gasteiger partial charge in [0.15, 0.2) is 0 Å². The molecule has 0 saturated heterocycles. The maximum atomic E-state index is 5.97. The summed E-state index contributed by atoms with van der Waals surface area (Å²) in [4.78, 5) is 4.87. The van der Waals surface area contributed by atoms with Gasteiger partial charge in [-0.25, -0.2) is 0 Å². The van der Waals surface area contributed by atoms with Gasteiger partial charge in [-0.2, -0.15) is 0 Å². The molecule has 2 atom stereocenters. The van der Waals surface area contributed by atoms with Gasteiger partial charge < -0.3 is 10.6 Å². The highest BCUT2D eigenvalue weighted by molar-refractivity contribution is 4.87. The summed E-state index contributed by atoms with van der Waals surface area (Å²) >= 11 is 0.